The molecule has 0 saturated heterocycles. The molecule has 0 radical (unpaired) electrons. The highest BCUT2D eigenvalue weighted by Crippen LogP contribution is 2.36. The Balaban J connectivity index is 0.000000112. The van der Waals surface area contributed by atoms with Crippen molar-refractivity contribution in [3.63, 3.8) is 0 Å². The molecule has 1 aromatic carbocycles. The van der Waals surface area contributed by atoms with Gasteiger partial charge in [-0.3, -0.25) is 0 Å². The van der Waals surface area contributed by atoms with Crippen LogP contribution in [0, 0.1) is 0 Å². The molecule has 0 nitrogen and oxygen atoms in total. The minimum Gasteiger partial charge on any atom is -0.0623 e. The molecule has 0 heterocycles. The molecule has 0 atom stereocenters. The van der Waals surface area contributed by atoms with Crippen LogP contribution in [0.5, 0.6) is 0 Å². The smallest absolute Gasteiger partial charge is 0.0151 e. The average Bonchev–Trinajstić information content (AvgIpc) is 2.25. The third-order valence-corrected chi connectivity index (χ3v) is 2.46. The highest BCUT2D eigenvalue weighted by molar-refractivity contribution is 5.80. The fourth-order valence-electron chi connectivity index (χ4n) is 1.55. The van der Waals surface area contributed by atoms with E-state index in [1.54, 1.807) is 0 Å². The van der Waals surface area contributed by atoms with Crippen molar-refractivity contribution in [2.75, 3.05) is 0 Å². The Hall–Kier alpha value is -1.56. The largest absolute Gasteiger partial charge is 0.0623 e. The number of benzene rings is 2. The lowest BCUT2D eigenvalue weighted by Gasteiger charge is -2.19. The first-order valence-corrected chi connectivity index (χ1v) is 5.05. The number of hydrogen-bond acceptors (Lipinski definition) is 0. The molecule has 0 heteroatoms. The maximum Gasteiger partial charge on any atom is -0.0151 e. The van der Waals surface area contributed by atoms with Gasteiger partial charge < -0.3 is 0 Å². The van der Waals surface area contributed by atoms with E-state index in [4.69, 9.17) is 0 Å². The van der Waals surface area contributed by atoms with Gasteiger partial charge in [-0.25, -0.2) is 0 Å². The van der Waals surface area contributed by atoms with Crippen molar-refractivity contribution in [2.45, 2.75) is 13.3 Å². The zero-order valence-electron chi connectivity index (χ0n) is 8.40. The summed E-state index contributed by atoms with van der Waals surface area (Å²) in [4.78, 5) is 0. The average molecular weight is 182 g/mol. The van der Waals surface area contributed by atoms with E-state index < -0.39 is 0 Å². The lowest BCUT2D eigenvalue weighted by atomic mass is 9.86. The molecule has 0 aromatic heterocycles. The van der Waals surface area contributed by atoms with E-state index >= 15 is 0 Å². The standard InChI is InChI=1S/C8H8.C6H6/c1-2-6-5-7-3-4-8(6)7;1-2-4-6-5-3-1/h3-5H,2H2,1H3;1-6H. The zero-order chi connectivity index (χ0) is 9.80. The molecule has 0 amide bonds. The maximum absolute atomic E-state index is 2.26. The minimum atomic E-state index is 1.20. The Morgan fingerprint density at radius 3 is 1.57 bits per heavy atom. The van der Waals surface area contributed by atoms with Gasteiger partial charge in [-0.05, 0) is 23.1 Å². The highest BCUT2D eigenvalue weighted by Gasteiger charge is 2.13. The summed E-state index contributed by atoms with van der Waals surface area (Å²) >= 11 is 0. The van der Waals surface area contributed by atoms with Crippen LogP contribution in [-0.4, -0.2) is 0 Å². The van der Waals surface area contributed by atoms with E-state index in [-0.39, 0.29) is 0 Å². The van der Waals surface area contributed by atoms with Gasteiger partial charge in [-0.1, -0.05) is 61.5 Å². The molecule has 0 saturated carbocycles. The van der Waals surface area contributed by atoms with Crippen LogP contribution in [0.25, 0.3) is 11.1 Å². The predicted molar refractivity (Wildman–Crippen MR) is 61.3 cm³/mol. The van der Waals surface area contributed by atoms with Crippen molar-refractivity contribution in [3.8, 4) is 11.1 Å². The number of rotatable bonds is 1. The van der Waals surface area contributed by atoms with Gasteiger partial charge in [0.15, 0.2) is 0 Å². The quantitative estimate of drug-likeness (QED) is 0.535. The summed E-state index contributed by atoms with van der Waals surface area (Å²) in [5.74, 6) is 0. The second-order valence-corrected chi connectivity index (χ2v) is 3.38. The van der Waals surface area contributed by atoms with Crippen LogP contribution in [-0.2, 0) is 6.42 Å². The molecule has 0 N–H and O–H groups in total. The molecule has 0 spiro atoms. The van der Waals surface area contributed by atoms with E-state index in [2.05, 4.69) is 25.1 Å². The van der Waals surface area contributed by atoms with Gasteiger partial charge in [-0.15, -0.1) is 0 Å². The molecular weight excluding hydrogens is 168 g/mol. The topological polar surface area (TPSA) is 0 Å². The Bertz CT molecular complexity index is 375. The van der Waals surface area contributed by atoms with Crippen molar-refractivity contribution in [2.24, 2.45) is 0 Å². The molecule has 2 aliphatic rings. The minimum absolute atomic E-state index is 1.20. The fourth-order valence-corrected chi connectivity index (χ4v) is 1.55. The van der Waals surface area contributed by atoms with Crippen molar-refractivity contribution >= 4 is 0 Å². The van der Waals surface area contributed by atoms with Crippen molar-refractivity contribution < 1.29 is 0 Å². The second kappa shape index (κ2) is 4.10. The second-order valence-electron chi connectivity index (χ2n) is 3.38. The Morgan fingerprint density at radius 1 is 0.857 bits per heavy atom. The van der Waals surface area contributed by atoms with E-state index in [0.717, 1.165) is 0 Å². The summed E-state index contributed by atoms with van der Waals surface area (Å²) < 4.78 is 0. The molecule has 1 aromatic rings. The molecule has 0 bridgehead atoms. The number of aryl methyl sites for hydroxylation is 1. The van der Waals surface area contributed by atoms with Gasteiger partial charge in [0.25, 0.3) is 0 Å². The molecular formula is C14H14. The molecule has 0 aliphatic heterocycles. The van der Waals surface area contributed by atoms with Crippen LogP contribution in [0.4, 0.5) is 0 Å². The van der Waals surface area contributed by atoms with Crippen LogP contribution in [0.2, 0.25) is 0 Å². The zero-order valence-corrected chi connectivity index (χ0v) is 8.40. The first kappa shape index (κ1) is 9.01. The summed E-state index contributed by atoms with van der Waals surface area (Å²) in [6.07, 6.45) is 1.20. The first-order valence-electron chi connectivity index (χ1n) is 5.05. The Kier molecular flexibility index (Phi) is 2.64. The normalized spacial score (nSPS) is 10.1. The molecule has 70 valence electrons. The summed E-state index contributed by atoms with van der Waals surface area (Å²) in [5.41, 5.74) is 4.50. The molecule has 14 heavy (non-hydrogen) atoms. The summed E-state index contributed by atoms with van der Waals surface area (Å²) in [5, 5.41) is 0. The lowest BCUT2D eigenvalue weighted by molar-refractivity contribution is 1.12. The first-order chi connectivity index (χ1) is 6.92. The number of hydrogen-bond donors (Lipinski definition) is 0. The van der Waals surface area contributed by atoms with Gasteiger partial charge in [0.2, 0.25) is 0 Å². The van der Waals surface area contributed by atoms with Crippen molar-refractivity contribution in [1.29, 1.82) is 0 Å². The third-order valence-electron chi connectivity index (χ3n) is 2.46. The van der Waals surface area contributed by atoms with Crippen molar-refractivity contribution in [1.82, 2.24) is 0 Å². The van der Waals surface area contributed by atoms with Crippen LogP contribution in [0.15, 0.2) is 54.6 Å². The van der Waals surface area contributed by atoms with Gasteiger partial charge in [-0.2, -0.15) is 0 Å². The predicted octanol–water partition coefficient (Wildman–Crippen LogP) is 3.92. The lowest BCUT2D eigenvalue weighted by Crippen LogP contribution is -1.97. The van der Waals surface area contributed by atoms with Crippen LogP contribution < -0.4 is 0 Å². The monoisotopic (exact) mass is 182 g/mol. The SMILES string of the molecule is CCc1cc2ccc1-2.c1ccccc1. The Labute approximate surface area is 85.2 Å². The van der Waals surface area contributed by atoms with Gasteiger partial charge in [0, 0.05) is 0 Å². The number of fused-ring (bicyclic) bond motifs is 1. The van der Waals surface area contributed by atoms with E-state index in [9.17, 15) is 0 Å². The van der Waals surface area contributed by atoms with Crippen LogP contribution >= 0.6 is 0 Å². The molecule has 0 unspecified atom stereocenters. The van der Waals surface area contributed by atoms with Crippen LogP contribution in [0.3, 0.4) is 0 Å². The van der Waals surface area contributed by atoms with Gasteiger partial charge in [0.05, 0.1) is 0 Å². The van der Waals surface area contributed by atoms with E-state index in [1.165, 1.54) is 23.1 Å². The molecule has 0 fully saturated rings. The summed E-state index contributed by atoms with van der Waals surface area (Å²) in [7, 11) is 0. The summed E-state index contributed by atoms with van der Waals surface area (Å²) in [6, 6.07) is 18.6. The highest BCUT2D eigenvalue weighted by atomic mass is 14.2. The van der Waals surface area contributed by atoms with E-state index in [1.807, 2.05) is 36.4 Å². The van der Waals surface area contributed by atoms with E-state index in [0.29, 0.717) is 0 Å². The van der Waals surface area contributed by atoms with Crippen molar-refractivity contribution in [3.05, 3.63) is 60.2 Å². The van der Waals surface area contributed by atoms with Gasteiger partial charge >= 0.3 is 0 Å². The molecule has 3 rings (SSSR count). The fraction of sp³-hybridized carbons (Fsp3) is 0.143. The maximum atomic E-state index is 2.26. The van der Waals surface area contributed by atoms with Crippen LogP contribution in [0.1, 0.15) is 12.5 Å². The van der Waals surface area contributed by atoms with Gasteiger partial charge in [0.1, 0.15) is 0 Å². The Morgan fingerprint density at radius 2 is 1.43 bits per heavy atom. The third kappa shape index (κ3) is 1.69. The summed E-state index contributed by atoms with van der Waals surface area (Å²) in [6.45, 7) is 2.20. The molecule has 2 aliphatic carbocycles.